The average molecular weight is 277 g/mol. The predicted molar refractivity (Wildman–Crippen MR) is 77.2 cm³/mol. The molecule has 0 aliphatic carbocycles. The van der Waals surface area contributed by atoms with Gasteiger partial charge in [0.15, 0.2) is 5.43 Å². The molecule has 0 aliphatic rings. The zero-order valence-electron chi connectivity index (χ0n) is 9.57. The molecule has 0 spiro atoms. The highest BCUT2D eigenvalue weighted by Crippen LogP contribution is 2.28. The highest BCUT2D eigenvalue weighted by molar-refractivity contribution is 7.24. The first-order valence-electron chi connectivity index (χ1n) is 5.39. The SMILES string of the molecule is COc1ccc2sc3ccc(Cl)cc3c(=O)c2c1. The Morgan fingerprint density at radius 2 is 1.72 bits per heavy atom. The molecule has 0 saturated carbocycles. The second-order valence-corrected chi connectivity index (χ2v) is 5.45. The lowest BCUT2D eigenvalue weighted by atomic mass is 10.2. The summed E-state index contributed by atoms with van der Waals surface area (Å²) >= 11 is 7.52. The van der Waals surface area contributed by atoms with Crippen LogP contribution in [0.2, 0.25) is 5.02 Å². The van der Waals surface area contributed by atoms with Crippen LogP contribution in [0.1, 0.15) is 0 Å². The third-order valence-electron chi connectivity index (χ3n) is 2.84. The largest absolute Gasteiger partial charge is 0.497 e. The zero-order valence-corrected chi connectivity index (χ0v) is 11.1. The van der Waals surface area contributed by atoms with Crippen molar-refractivity contribution in [2.24, 2.45) is 0 Å². The average Bonchev–Trinajstić information content (AvgIpc) is 2.40. The molecular weight excluding hydrogens is 268 g/mol. The molecule has 0 N–H and O–H groups in total. The van der Waals surface area contributed by atoms with Crippen LogP contribution in [-0.4, -0.2) is 7.11 Å². The Bertz CT molecular complexity index is 808. The van der Waals surface area contributed by atoms with Gasteiger partial charge in [0.2, 0.25) is 0 Å². The standard InChI is InChI=1S/C14H9ClO2S/c1-17-9-3-5-13-11(7-9)14(16)10-6-8(15)2-4-12(10)18-13/h2-7H,1H3. The van der Waals surface area contributed by atoms with E-state index in [0.29, 0.717) is 21.5 Å². The smallest absolute Gasteiger partial charge is 0.196 e. The van der Waals surface area contributed by atoms with E-state index in [4.69, 9.17) is 16.3 Å². The van der Waals surface area contributed by atoms with Gasteiger partial charge in [-0.1, -0.05) is 11.6 Å². The third-order valence-corrected chi connectivity index (χ3v) is 4.22. The highest BCUT2D eigenvalue weighted by atomic mass is 35.5. The molecule has 4 heteroatoms. The topological polar surface area (TPSA) is 26.3 Å². The van der Waals surface area contributed by atoms with Gasteiger partial charge in [0.05, 0.1) is 7.11 Å². The molecule has 0 saturated heterocycles. The van der Waals surface area contributed by atoms with Gasteiger partial charge in [-0.2, -0.15) is 0 Å². The number of halogens is 1. The summed E-state index contributed by atoms with van der Waals surface area (Å²) in [5.41, 5.74) is 0.000139. The Balaban J connectivity index is 2.49. The molecule has 2 nitrogen and oxygen atoms in total. The fourth-order valence-corrected chi connectivity index (χ4v) is 3.14. The van der Waals surface area contributed by atoms with E-state index in [2.05, 4.69) is 0 Å². The van der Waals surface area contributed by atoms with Crippen molar-refractivity contribution in [3.63, 3.8) is 0 Å². The second-order valence-electron chi connectivity index (χ2n) is 3.93. The third kappa shape index (κ3) is 1.76. The number of benzene rings is 2. The van der Waals surface area contributed by atoms with Crippen LogP contribution in [0.15, 0.2) is 41.2 Å². The van der Waals surface area contributed by atoms with E-state index >= 15 is 0 Å². The molecule has 3 rings (SSSR count). The number of hydrogen-bond acceptors (Lipinski definition) is 3. The van der Waals surface area contributed by atoms with Crippen molar-refractivity contribution in [3.05, 3.63) is 51.6 Å². The van der Waals surface area contributed by atoms with Crippen molar-refractivity contribution in [1.82, 2.24) is 0 Å². The van der Waals surface area contributed by atoms with Crippen molar-refractivity contribution in [1.29, 1.82) is 0 Å². The molecule has 3 aromatic rings. The second kappa shape index (κ2) is 4.26. The lowest BCUT2D eigenvalue weighted by molar-refractivity contribution is 0.415. The molecule has 0 bridgehead atoms. The molecular formula is C14H9ClO2S. The molecule has 0 aliphatic heterocycles. The van der Waals surface area contributed by atoms with Crippen LogP contribution in [0.4, 0.5) is 0 Å². The van der Waals surface area contributed by atoms with E-state index in [9.17, 15) is 4.79 Å². The molecule has 90 valence electrons. The van der Waals surface area contributed by atoms with Crippen LogP contribution in [0.5, 0.6) is 5.75 Å². The Morgan fingerprint density at radius 1 is 1.06 bits per heavy atom. The normalized spacial score (nSPS) is 11.0. The fraction of sp³-hybridized carbons (Fsp3) is 0.0714. The minimum Gasteiger partial charge on any atom is -0.497 e. The van der Waals surface area contributed by atoms with Crippen molar-refractivity contribution in [3.8, 4) is 5.75 Å². The molecule has 1 aromatic heterocycles. The number of methoxy groups -OCH3 is 1. The first-order chi connectivity index (χ1) is 8.69. The number of rotatable bonds is 1. The number of fused-ring (bicyclic) bond motifs is 2. The van der Waals surface area contributed by atoms with E-state index in [-0.39, 0.29) is 5.43 Å². The lowest BCUT2D eigenvalue weighted by Gasteiger charge is -2.03. The summed E-state index contributed by atoms with van der Waals surface area (Å²) < 4.78 is 7.05. The van der Waals surface area contributed by atoms with Crippen molar-refractivity contribution >= 4 is 43.1 Å². The molecule has 0 radical (unpaired) electrons. The molecule has 1 heterocycles. The first kappa shape index (κ1) is 11.5. The summed E-state index contributed by atoms with van der Waals surface area (Å²) in [6.07, 6.45) is 0. The predicted octanol–water partition coefficient (Wildman–Crippen LogP) is 4.08. The molecule has 0 unspecified atom stereocenters. The zero-order chi connectivity index (χ0) is 12.7. The van der Waals surface area contributed by atoms with Gasteiger partial charge in [0.25, 0.3) is 0 Å². The van der Waals surface area contributed by atoms with Crippen molar-refractivity contribution < 1.29 is 4.74 Å². The van der Waals surface area contributed by atoms with E-state index in [1.807, 2.05) is 18.2 Å². The Labute approximate surface area is 112 Å². The van der Waals surface area contributed by atoms with Crippen LogP contribution in [-0.2, 0) is 0 Å². The van der Waals surface area contributed by atoms with Gasteiger partial charge in [-0.3, -0.25) is 4.79 Å². The van der Waals surface area contributed by atoms with E-state index in [1.165, 1.54) is 0 Å². The van der Waals surface area contributed by atoms with Gasteiger partial charge >= 0.3 is 0 Å². The highest BCUT2D eigenvalue weighted by Gasteiger charge is 2.07. The van der Waals surface area contributed by atoms with Gasteiger partial charge in [-0.15, -0.1) is 11.3 Å². The maximum atomic E-state index is 12.4. The lowest BCUT2D eigenvalue weighted by Crippen LogP contribution is -2.01. The fourth-order valence-electron chi connectivity index (χ4n) is 1.93. The summed E-state index contributed by atoms with van der Waals surface area (Å²) in [5, 5.41) is 1.91. The molecule has 0 atom stereocenters. The summed E-state index contributed by atoms with van der Waals surface area (Å²) in [4.78, 5) is 12.4. The Hall–Kier alpha value is -1.58. The Kier molecular flexibility index (Phi) is 2.73. The van der Waals surface area contributed by atoms with Crippen LogP contribution >= 0.6 is 22.9 Å². The van der Waals surface area contributed by atoms with Gasteiger partial charge < -0.3 is 4.74 Å². The van der Waals surface area contributed by atoms with Gasteiger partial charge in [-0.25, -0.2) is 0 Å². The minimum absolute atomic E-state index is 0.000139. The van der Waals surface area contributed by atoms with Crippen LogP contribution in [0.25, 0.3) is 20.2 Å². The van der Waals surface area contributed by atoms with Crippen LogP contribution in [0.3, 0.4) is 0 Å². The van der Waals surface area contributed by atoms with E-state index < -0.39 is 0 Å². The Morgan fingerprint density at radius 3 is 2.44 bits per heavy atom. The quantitative estimate of drug-likeness (QED) is 0.626. The van der Waals surface area contributed by atoms with Crippen LogP contribution in [0, 0.1) is 0 Å². The number of ether oxygens (including phenoxy) is 1. The van der Waals surface area contributed by atoms with Crippen molar-refractivity contribution in [2.45, 2.75) is 0 Å². The summed E-state index contributed by atoms with van der Waals surface area (Å²) in [6, 6.07) is 10.9. The van der Waals surface area contributed by atoms with Gasteiger partial charge in [0, 0.05) is 25.2 Å². The van der Waals surface area contributed by atoms with Crippen molar-refractivity contribution in [2.75, 3.05) is 7.11 Å². The first-order valence-corrected chi connectivity index (χ1v) is 6.58. The van der Waals surface area contributed by atoms with Crippen LogP contribution < -0.4 is 10.2 Å². The summed E-state index contributed by atoms with van der Waals surface area (Å²) in [7, 11) is 1.59. The molecule has 2 aromatic carbocycles. The van der Waals surface area contributed by atoms with E-state index in [0.717, 1.165) is 9.40 Å². The number of hydrogen-bond donors (Lipinski definition) is 0. The monoisotopic (exact) mass is 276 g/mol. The maximum absolute atomic E-state index is 12.4. The van der Waals surface area contributed by atoms with E-state index in [1.54, 1.807) is 36.6 Å². The molecule has 0 amide bonds. The minimum atomic E-state index is 0.000139. The summed E-state index contributed by atoms with van der Waals surface area (Å²) in [5.74, 6) is 0.688. The molecule has 18 heavy (non-hydrogen) atoms. The summed E-state index contributed by atoms with van der Waals surface area (Å²) in [6.45, 7) is 0. The maximum Gasteiger partial charge on any atom is 0.196 e. The van der Waals surface area contributed by atoms with Gasteiger partial charge in [0.1, 0.15) is 5.75 Å². The van der Waals surface area contributed by atoms with Gasteiger partial charge in [-0.05, 0) is 36.4 Å². The molecule has 0 fully saturated rings.